The van der Waals surface area contributed by atoms with Crippen LogP contribution < -0.4 is 0 Å². The van der Waals surface area contributed by atoms with Crippen molar-refractivity contribution in [3.63, 3.8) is 0 Å². The molecule has 0 saturated heterocycles. The molecule has 0 fully saturated rings. The van der Waals surface area contributed by atoms with Crippen molar-refractivity contribution < 1.29 is 17.6 Å². The number of hydrogen-bond donors (Lipinski definition) is 0. The van der Waals surface area contributed by atoms with Crippen LogP contribution in [0.25, 0.3) is 0 Å². The topological polar surface area (TPSA) is 0 Å². The maximum absolute atomic E-state index is 14.6. The summed E-state index contributed by atoms with van der Waals surface area (Å²) in [4.78, 5) is 0. The van der Waals surface area contributed by atoms with Crippen molar-refractivity contribution in [1.29, 1.82) is 0 Å². The van der Waals surface area contributed by atoms with E-state index < -0.39 is 17.5 Å². The van der Waals surface area contributed by atoms with Crippen molar-refractivity contribution in [3.8, 4) is 11.8 Å². The summed E-state index contributed by atoms with van der Waals surface area (Å²) in [5.41, 5.74) is 3.37. The average molecular weight is 408 g/mol. The molecule has 3 aromatic rings. The fourth-order valence-electron chi connectivity index (χ4n) is 4.01. The molecular weight excluding hydrogens is 388 g/mol. The first kappa shape index (κ1) is 20.2. The molecule has 0 N–H and O–H groups in total. The first-order valence-corrected chi connectivity index (χ1v) is 10.0. The van der Waals surface area contributed by atoms with Gasteiger partial charge in [-0.2, -0.15) is 0 Å². The molecule has 30 heavy (non-hydrogen) atoms. The molecule has 3 aromatic carbocycles. The van der Waals surface area contributed by atoms with Crippen molar-refractivity contribution in [2.24, 2.45) is 0 Å². The third-order valence-corrected chi connectivity index (χ3v) is 5.72. The van der Waals surface area contributed by atoms with Crippen LogP contribution in [0.15, 0.2) is 48.5 Å². The van der Waals surface area contributed by atoms with E-state index in [-0.39, 0.29) is 17.3 Å². The number of hydrogen-bond acceptors (Lipinski definition) is 0. The first-order valence-electron chi connectivity index (χ1n) is 10.0. The molecule has 0 aromatic heterocycles. The van der Waals surface area contributed by atoms with E-state index in [1.807, 2.05) is 0 Å². The summed E-state index contributed by atoms with van der Waals surface area (Å²) < 4.78 is 56.4. The van der Waals surface area contributed by atoms with Crippen LogP contribution in [0.3, 0.4) is 0 Å². The number of fused-ring (bicyclic) bond motifs is 1. The van der Waals surface area contributed by atoms with Gasteiger partial charge >= 0.3 is 0 Å². The first-order chi connectivity index (χ1) is 14.5. The van der Waals surface area contributed by atoms with Crippen LogP contribution in [-0.4, -0.2) is 0 Å². The van der Waals surface area contributed by atoms with Crippen molar-refractivity contribution in [3.05, 3.63) is 105 Å². The molecule has 0 heterocycles. The van der Waals surface area contributed by atoms with Crippen LogP contribution in [0, 0.1) is 35.1 Å². The molecule has 0 nitrogen and oxygen atoms in total. The van der Waals surface area contributed by atoms with Gasteiger partial charge in [-0.25, -0.2) is 17.6 Å². The van der Waals surface area contributed by atoms with Gasteiger partial charge in [0.15, 0.2) is 11.6 Å². The normalized spacial score (nSPS) is 15.3. The molecule has 1 aliphatic carbocycles. The second-order valence-electron chi connectivity index (χ2n) is 7.59. The minimum Gasteiger partial charge on any atom is -0.207 e. The van der Waals surface area contributed by atoms with Gasteiger partial charge in [-0.15, -0.1) is 0 Å². The fourth-order valence-corrected chi connectivity index (χ4v) is 4.01. The molecule has 4 heteroatoms. The number of rotatable bonds is 2. The van der Waals surface area contributed by atoms with Crippen LogP contribution in [0.4, 0.5) is 17.6 Å². The van der Waals surface area contributed by atoms with Gasteiger partial charge < -0.3 is 0 Å². The Balaban J connectivity index is 1.60. The van der Waals surface area contributed by atoms with E-state index in [0.717, 1.165) is 11.1 Å². The quantitative estimate of drug-likeness (QED) is 0.336. The molecule has 0 bridgehead atoms. The SMILES string of the molecule is CCc1ccc(C2CCc3cc(C#Cc4ccc(F)cc4)c(F)cc3C2)c(F)c1F. The Bertz CT molecular complexity index is 1150. The zero-order valence-electron chi connectivity index (χ0n) is 16.5. The lowest BCUT2D eigenvalue weighted by molar-refractivity contribution is 0.468. The smallest absolute Gasteiger partial charge is 0.162 e. The third-order valence-electron chi connectivity index (χ3n) is 5.72. The lowest BCUT2D eigenvalue weighted by atomic mass is 9.79. The van der Waals surface area contributed by atoms with Crippen molar-refractivity contribution in [2.45, 2.75) is 38.5 Å². The molecule has 1 atom stereocenters. The van der Waals surface area contributed by atoms with Crippen molar-refractivity contribution in [2.75, 3.05) is 0 Å². The summed E-state index contributed by atoms with van der Waals surface area (Å²) in [6.07, 6.45) is 2.19. The molecule has 0 radical (unpaired) electrons. The molecule has 0 spiro atoms. The standard InChI is InChI=1S/C26H20F4/c1-2-17-9-12-23(26(30)25(17)29)19-8-7-18-13-20(24(28)15-21(18)14-19)6-3-16-4-10-22(27)11-5-16/h4-5,9-13,15,19H,2,7-8,14H2,1H3. The fraction of sp³-hybridized carbons (Fsp3) is 0.231. The van der Waals surface area contributed by atoms with Crippen molar-refractivity contribution in [1.82, 2.24) is 0 Å². The zero-order chi connectivity index (χ0) is 21.3. The van der Waals surface area contributed by atoms with Gasteiger partial charge in [-0.3, -0.25) is 0 Å². The molecule has 1 aliphatic rings. The summed E-state index contributed by atoms with van der Waals surface area (Å²) >= 11 is 0. The molecule has 1 unspecified atom stereocenters. The van der Waals surface area contributed by atoms with E-state index in [1.54, 1.807) is 37.3 Å². The highest BCUT2D eigenvalue weighted by Gasteiger charge is 2.25. The summed E-state index contributed by atoms with van der Waals surface area (Å²) in [6.45, 7) is 1.79. The Labute approximate surface area is 173 Å². The van der Waals surface area contributed by atoms with Gasteiger partial charge in [0.1, 0.15) is 11.6 Å². The zero-order valence-corrected chi connectivity index (χ0v) is 16.5. The van der Waals surface area contributed by atoms with E-state index in [2.05, 4.69) is 11.8 Å². The maximum atomic E-state index is 14.6. The van der Waals surface area contributed by atoms with E-state index in [1.165, 1.54) is 18.2 Å². The summed E-state index contributed by atoms with van der Waals surface area (Å²) in [5, 5.41) is 0. The summed E-state index contributed by atoms with van der Waals surface area (Å²) in [7, 11) is 0. The van der Waals surface area contributed by atoms with Gasteiger partial charge in [0, 0.05) is 5.56 Å². The molecular formula is C26H20F4. The second-order valence-corrected chi connectivity index (χ2v) is 7.59. The van der Waals surface area contributed by atoms with Crippen LogP contribution in [-0.2, 0) is 19.3 Å². The van der Waals surface area contributed by atoms with E-state index in [4.69, 9.17) is 0 Å². The van der Waals surface area contributed by atoms with Gasteiger partial charge in [-0.1, -0.05) is 30.9 Å². The van der Waals surface area contributed by atoms with Crippen molar-refractivity contribution >= 4 is 0 Å². The lowest BCUT2D eigenvalue weighted by Crippen LogP contribution is -2.16. The Morgan fingerprint density at radius 3 is 2.37 bits per heavy atom. The highest BCUT2D eigenvalue weighted by molar-refractivity contribution is 5.48. The van der Waals surface area contributed by atoms with Crippen LogP contribution in [0.5, 0.6) is 0 Å². The van der Waals surface area contributed by atoms with Gasteiger partial charge in [0.25, 0.3) is 0 Å². The number of aryl methyl sites for hydroxylation is 2. The molecule has 152 valence electrons. The molecule has 0 saturated carbocycles. The Kier molecular flexibility index (Phi) is 5.63. The number of benzene rings is 3. The van der Waals surface area contributed by atoms with Crippen LogP contribution >= 0.6 is 0 Å². The van der Waals surface area contributed by atoms with Gasteiger partial charge in [-0.05, 0) is 90.3 Å². The predicted octanol–water partition coefficient (Wildman–Crippen LogP) is 6.48. The minimum atomic E-state index is -0.787. The largest absolute Gasteiger partial charge is 0.207 e. The Morgan fingerprint density at radius 2 is 1.63 bits per heavy atom. The van der Waals surface area contributed by atoms with E-state index in [9.17, 15) is 17.6 Å². The number of halogens is 4. The third kappa shape index (κ3) is 3.98. The predicted molar refractivity (Wildman–Crippen MR) is 109 cm³/mol. The van der Waals surface area contributed by atoms with Crippen LogP contribution in [0.2, 0.25) is 0 Å². The molecule has 0 amide bonds. The summed E-state index contributed by atoms with van der Waals surface area (Å²) in [6, 6.07) is 12.2. The van der Waals surface area contributed by atoms with Crippen LogP contribution in [0.1, 0.15) is 52.6 Å². The summed E-state index contributed by atoms with van der Waals surface area (Å²) in [5.74, 6) is 3.11. The highest BCUT2D eigenvalue weighted by Crippen LogP contribution is 2.36. The Morgan fingerprint density at radius 1 is 0.867 bits per heavy atom. The highest BCUT2D eigenvalue weighted by atomic mass is 19.2. The minimum absolute atomic E-state index is 0.187. The second kappa shape index (κ2) is 8.36. The average Bonchev–Trinajstić information content (AvgIpc) is 2.75. The van der Waals surface area contributed by atoms with Gasteiger partial charge in [0.2, 0.25) is 0 Å². The van der Waals surface area contributed by atoms with E-state index in [0.29, 0.717) is 42.4 Å². The monoisotopic (exact) mass is 408 g/mol. The molecule has 0 aliphatic heterocycles. The maximum Gasteiger partial charge on any atom is 0.162 e. The Hall–Kier alpha value is -3.06. The van der Waals surface area contributed by atoms with Gasteiger partial charge in [0.05, 0.1) is 5.56 Å². The molecule has 4 rings (SSSR count). The lowest BCUT2D eigenvalue weighted by Gasteiger charge is -2.26. The van der Waals surface area contributed by atoms with E-state index >= 15 is 0 Å².